The first-order chi connectivity index (χ1) is 8.81. The van der Waals surface area contributed by atoms with Crippen LogP contribution in [0.25, 0.3) is 0 Å². The van der Waals surface area contributed by atoms with E-state index in [2.05, 4.69) is 10.3 Å². The summed E-state index contributed by atoms with van der Waals surface area (Å²) in [6, 6.07) is 1.39. The monoisotopic (exact) mass is 267 g/mol. The van der Waals surface area contributed by atoms with Crippen LogP contribution in [0.5, 0.6) is 0 Å². The number of hydrogen-bond donors (Lipinski definition) is 2. The zero-order valence-electron chi connectivity index (χ0n) is 11.8. The number of nitrogens with one attached hydrogen (secondary N) is 1. The molecule has 106 valence electrons. The second kappa shape index (κ2) is 6.38. The van der Waals surface area contributed by atoms with E-state index in [-0.39, 0.29) is 6.04 Å². The Balaban J connectivity index is 2.76. The fourth-order valence-corrected chi connectivity index (χ4v) is 1.50. The summed E-state index contributed by atoms with van der Waals surface area (Å²) in [5.74, 6) is 0. The van der Waals surface area contributed by atoms with Gasteiger partial charge in [-0.15, -0.1) is 0 Å². The zero-order valence-corrected chi connectivity index (χ0v) is 11.8. The summed E-state index contributed by atoms with van der Waals surface area (Å²) in [7, 11) is 1.56. The molecule has 1 aromatic rings. The van der Waals surface area contributed by atoms with Gasteiger partial charge in [-0.25, -0.2) is 4.79 Å². The van der Waals surface area contributed by atoms with Crippen molar-refractivity contribution in [2.75, 3.05) is 19.5 Å². The topological polar surface area (TPSA) is 86.5 Å². The number of anilines is 1. The molecule has 0 aliphatic heterocycles. The van der Waals surface area contributed by atoms with Crippen molar-refractivity contribution in [3.8, 4) is 0 Å². The highest BCUT2D eigenvalue weighted by molar-refractivity contribution is 5.68. The molecular weight excluding hydrogens is 246 g/mol. The molecule has 0 aromatic carbocycles. The highest BCUT2D eigenvalue weighted by Gasteiger charge is 2.20. The van der Waals surface area contributed by atoms with Gasteiger partial charge in [-0.2, -0.15) is 0 Å². The molecule has 0 fully saturated rings. The number of nitrogens with zero attached hydrogens (tertiary/aromatic N) is 1. The first-order valence-corrected chi connectivity index (χ1v) is 6.00. The van der Waals surface area contributed by atoms with Crippen molar-refractivity contribution in [2.24, 2.45) is 0 Å². The van der Waals surface area contributed by atoms with Crippen molar-refractivity contribution in [1.82, 2.24) is 10.3 Å². The summed E-state index contributed by atoms with van der Waals surface area (Å²) in [5, 5.41) is 2.74. The Hall–Kier alpha value is -1.82. The Morgan fingerprint density at radius 2 is 2.16 bits per heavy atom. The Morgan fingerprint density at radius 3 is 2.68 bits per heavy atom. The summed E-state index contributed by atoms with van der Waals surface area (Å²) in [4.78, 5) is 15.8. The molecule has 0 saturated carbocycles. The van der Waals surface area contributed by atoms with Gasteiger partial charge in [-0.3, -0.25) is 4.98 Å². The van der Waals surface area contributed by atoms with E-state index in [0.29, 0.717) is 12.3 Å². The lowest BCUT2D eigenvalue weighted by atomic mass is 10.1. The number of rotatable bonds is 4. The second-order valence-electron chi connectivity index (χ2n) is 5.21. The van der Waals surface area contributed by atoms with Crippen LogP contribution in [0.2, 0.25) is 0 Å². The van der Waals surface area contributed by atoms with Crippen LogP contribution in [0, 0.1) is 0 Å². The maximum absolute atomic E-state index is 11.8. The first kappa shape index (κ1) is 15.2. The average Bonchev–Trinajstić information content (AvgIpc) is 2.26. The molecule has 0 spiro atoms. The third-order valence-corrected chi connectivity index (χ3v) is 2.21. The minimum Gasteiger partial charge on any atom is -0.444 e. The van der Waals surface area contributed by atoms with E-state index in [9.17, 15) is 4.79 Å². The predicted octanol–water partition coefficient (Wildman–Crippen LogP) is 1.88. The van der Waals surface area contributed by atoms with Gasteiger partial charge in [0.1, 0.15) is 5.60 Å². The molecule has 1 rings (SSSR count). The largest absolute Gasteiger partial charge is 0.444 e. The van der Waals surface area contributed by atoms with E-state index in [0.717, 1.165) is 5.56 Å². The normalized spacial score (nSPS) is 12.8. The van der Waals surface area contributed by atoms with Gasteiger partial charge in [-0.05, 0) is 32.4 Å². The van der Waals surface area contributed by atoms with Crippen molar-refractivity contribution < 1.29 is 14.3 Å². The number of pyridine rings is 1. The molecule has 0 unspecified atom stereocenters. The van der Waals surface area contributed by atoms with E-state index in [1.807, 2.05) is 0 Å². The smallest absolute Gasteiger partial charge is 0.408 e. The summed E-state index contributed by atoms with van der Waals surface area (Å²) in [6.45, 7) is 5.73. The molecule has 0 bridgehead atoms. The van der Waals surface area contributed by atoms with E-state index in [4.69, 9.17) is 15.2 Å². The standard InChI is InChI=1S/C13H21N3O3/c1-13(2,3)19-12(17)16-11(8-18-4)9-5-10(14)7-15-6-9/h5-7,11H,8,14H2,1-4H3,(H,16,17)/t11-/m1/s1. The number of nitrogen functional groups attached to an aromatic ring is 1. The van der Waals surface area contributed by atoms with Gasteiger partial charge in [0.05, 0.1) is 18.3 Å². The van der Waals surface area contributed by atoms with Crippen LogP contribution in [0.3, 0.4) is 0 Å². The molecule has 1 amide bonds. The van der Waals surface area contributed by atoms with Crippen molar-refractivity contribution >= 4 is 11.8 Å². The van der Waals surface area contributed by atoms with E-state index >= 15 is 0 Å². The number of methoxy groups -OCH3 is 1. The lowest BCUT2D eigenvalue weighted by molar-refractivity contribution is 0.0468. The van der Waals surface area contributed by atoms with Crippen LogP contribution in [0.1, 0.15) is 32.4 Å². The van der Waals surface area contributed by atoms with Gasteiger partial charge >= 0.3 is 6.09 Å². The van der Waals surface area contributed by atoms with Crippen LogP contribution in [-0.4, -0.2) is 30.4 Å². The van der Waals surface area contributed by atoms with E-state index in [1.165, 1.54) is 0 Å². The lowest BCUT2D eigenvalue weighted by Crippen LogP contribution is -2.36. The summed E-state index contributed by atoms with van der Waals surface area (Å²) >= 11 is 0. The minimum absolute atomic E-state index is 0.310. The fraction of sp³-hybridized carbons (Fsp3) is 0.538. The summed E-state index contributed by atoms with van der Waals surface area (Å²) < 4.78 is 10.3. The minimum atomic E-state index is -0.546. The van der Waals surface area contributed by atoms with Gasteiger partial charge in [0.25, 0.3) is 0 Å². The number of ether oxygens (including phenoxy) is 2. The highest BCUT2D eigenvalue weighted by Crippen LogP contribution is 2.16. The van der Waals surface area contributed by atoms with Crippen molar-refractivity contribution in [3.63, 3.8) is 0 Å². The Morgan fingerprint density at radius 1 is 1.47 bits per heavy atom. The molecule has 0 saturated heterocycles. The lowest BCUT2D eigenvalue weighted by Gasteiger charge is -2.23. The predicted molar refractivity (Wildman–Crippen MR) is 72.6 cm³/mol. The summed E-state index contributed by atoms with van der Waals surface area (Å²) in [6.07, 6.45) is 2.68. The molecule has 1 aromatic heterocycles. The van der Waals surface area contributed by atoms with Crippen LogP contribution in [0.15, 0.2) is 18.5 Å². The van der Waals surface area contributed by atoms with Gasteiger partial charge < -0.3 is 20.5 Å². The Bertz CT molecular complexity index is 429. The second-order valence-corrected chi connectivity index (χ2v) is 5.21. The number of hydrogen-bond acceptors (Lipinski definition) is 5. The fourth-order valence-electron chi connectivity index (χ4n) is 1.50. The molecule has 1 atom stereocenters. The molecule has 6 nitrogen and oxygen atoms in total. The number of carbonyl (C=O) groups is 1. The van der Waals surface area contributed by atoms with Crippen LogP contribution in [0.4, 0.5) is 10.5 Å². The maximum atomic E-state index is 11.8. The number of alkyl carbamates (subject to hydrolysis) is 1. The third-order valence-electron chi connectivity index (χ3n) is 2.21. The molecular formula is C13H21N3O3. The van der Waals surface area contributed by atoms with Gasteiger partial charge in [0.15, 0.2) is 0 Å². The third kappa shape index (κ3) is 5.56. The molecule has 0 aliphatic carbocycles. The molecule has 0 aliphatic rings. The molecule has 1 heterocycles. The van der Waals surface area contributed by atoms with Crippen LogP contribution >= 0.6 is 0 Å². The Kier molecular flexibility index (Phi) is 5.11. The SMILES string of the molecule is COC[C@@H](NC(=O)OC(C)(C)C)c1cncc(N)c1. The van der Waals surface area contributed by atoms with Crippen molar-refractivity contribution in [3.05, 3.63) is 24.0 Å². The van der Waals surface area contributed by atoms with Crippen molar-refractivity contribution in [2.45, 2.75) is 32.4 Å². The number of carbonyl (C=O) groups excluding carboxylic acids is 1. The average molecular weight is 267 g/mol. The van der Waals surface area contributed by atoms with Crippen LogP contribution < -0.4 is 11.1 Å². The summed E-state index contributed by atoms with van der Waals surface area (Å²) in [5.41, 5.74) is 6.43. The highest BCUT2D eigenvalue weighted by atomic mass is 16.6. The first-order valence-electron chi connectivity index (χ1n) is 6.00. The zero-order chi connectivity index (χ0) is 14.5. The number of nitrogens with two attached hydrogens (primary N) is 1. The Labute approximate surface area is 113 Å². The quantitative estimate of drug-likeness (QED) is 0.869. The van der Waals surface area contributed by atoms with Gasteiger partial charge in [0.2, 0.25) is 0 Å². The number of amides is 1. The molecule has 19 heavy (non-hydrogen) atoms. The van der Waals surface area contributed by atoms with E-state index < -0.39 is 11.7 Å². The van der Waals surface area contributed by atoms with E-state index in [1.54, 1.807) is 46.3 Å². The van der Waals surface area contributed by atoms with Gasteiger partial charge in [-0.1, -0.05) is 0 Å². The molecule has 6 heteroatoms. The van der Waals surface area contributed by atoms with Crippen LogP contribution in [-0.2, 0) is 9.47 Å². The molecule has 3 N–H and O–H groups in total. The maximum Gasteiger partial charge on any atom is 0.408 e. The number of aromatic nitrogens is 1. The van der Waals surface area contributed by atoms with Gasteiger partial charge in [0, 0.05) is 19.5 Å². The molecule has 0 radical (unpaired) electrons. The van der Waals surface area contributed by atoms with Crippen molar-refractivity contribution in [1.29, 1.82) is 0 Å².